The van der Waals surface area contributed by atoms with Crippen molar-refractivity contribution >= 4 is 17.4 Å². The van der Waals surface area contributed by atoms with E-state index in [2.05, 4.69) is 13.8 Å². The van der Waals surface area contributed by atoms with E-state index in [1.165, 1.54) is 35.4 Å². The normalized spacial score (nSPS) is 17.5. The molecule has 1 aromatic heterocycles. The molecule has 0 radical (unpaired) electrons. The van der Waals surface area contributed by atoms with Crippen LogP contribution in [0, 0.1) is 11.7 Å². The molecule has 1 fully saturated rings. The predicted molar refractivity (Wildman–Crippen MR) is 124 cm³/mol. The van der Waals surface area contributed by atoms with Gasteiger partial charge in [-0.25, -0.2) is 4.39 Å². The van der Waals surface area contributed by atoms with Gasteiger partial charge in [0.15, 0.2) is 0 Å². The first-order chi connectivity index (χ1) is 16.3. The van der Waals surface area contributed by atoms with Gasteiger partial charge >= 0.3 is 0 Å². The molecule has 4 rings (SSSR count). The minimum atomic E-state index is -0.871. The third-order valence-electron chi connectivity index (χ3n) is 5.70. The molecule has 34 heavy (non-hydrogen) atoms. The van der Waals surface area contributed by atoms with Crippen LogP contribution < -0.4 is 4.74 Å². The number of hydrogen-bond donors (Lipinski definition) is 1. The zero-order valence-electron chi connectivity index (χ0n) is 19.0. The van der Waals surface area contributed by atoms with Crippen LogP contribution in [0.5, 0.6) is 5.75 Å². The number of ketones is 1. The van der Waals surface area contributed by atoms with Crippen LogP contribution in [0.3, 0.4) is 0 Å². The fourth-order valence-electron chi connectivity index (χ4n) is 3.91. The Morgan fingerprint density at radius 2 is 1.88 bits per heavy atom. The smallest absolute Gasteiger partial charge is 0.296 e. The molecule has 3 aromatic rings. The first-order valence-corrected chi connectivity index (χ1v) is 11.1. The predicted octanol–water partition coefficient (Wildman–Crippen LogP) is 5.47. The van der Waals surface area contributed by atoms with Gasteiger partial charge in [0.25, 0.3) is 11.7 Å². The van der Waals surface area contributed by atoms with E-state index in [9.17, 15) is 19.1 Å². The van der Waals surface area contributed by atoms with Crippen molar-refractivity contribution in [2.24, 2.45) is 5.92 Å². The Hall–Kier alpha value is -3.87. The second-order valence-electron chi connectivity index (χ2n) is 8.62. The van der Waals surface area contributed by atoms with E-state index in [1.54, 1.807) is 30.3 Å². The van der Waals surface area contributed by atoms with Gasteiger partial charge in [0.1, 0.15) is 23.1 Å². The topological polar surface area (TPSA) is 80.0 Å². The van der Waals surface area contributed by atoms with Gasteiger partial charge in [-0.15, -0.1) is 0 Å². The number of aliphatic hydroxyl groups is 1. The maximum absolute atomic E-state index is 13.4. The van der Waals surface area contributed by atoms with Crippen molar-refractivity contribution in [1.82, 2.24) is 4.90 Å². The lowest BCUT2D eigenvalue weighted by Crippen LogP contribution is -2.29. The number of furan rings is 1. The summed E-state index contributed by atoms with van der Waals surface area (Å²) in [4.78, 5) is 27.5. The molecule has 0 bridgehead atoms. The Labute approximate surface area is 197 Å². The minimum Gasteiger partial charge on any atom is -0.507 e. The van der Waals surface area contributed by atoms with Crippen molar-refractivity contribution in [1.29, 1.82) is 0 Å². The second kappa shape index (κ2) is 9.95. The molecule has 176 valence electrons. The molecule has 1 unspecified atom stereocenters. The number of hydrogen-bond acceptors (Lipinski definition) is 5. The highest BCUT2D eigenvalue weighted by atomic mass is 19.1. The quantitative estimate of drug-likeness (QED) is 0.272. The third kappa shape index (κ3) is 4.88. The molecule has 6 nitrogen and oxygen atoms in total. The van der Waals surface area contributed by atoms with E-state index in [-0.39, 0.29) is 23.4 Å². The third-order valence-corrected chi connectivity index (χ3v) is 5.70. The van der Waals surface area contributed by atoms with E-state index < -0.39 is 23.5 Å². The van der Waals surface area contributed by atoms with Crippen molar-refractivity contribution in [3.05, 3.63) is 95.2 Å². The summed E-state index contributed by atoms with van der Waals surface area (Å²) in [6.07, 6.45) is 2.37. The average molecular weight is 464 g/mol. The highest BCUT2D eigenvalue weighted by Gasteiger charge is 2.46. The summed E-state index contributed by atoms with van der Waals surface area (Å²) < 4.78 is 24.7. The summed E-state index contributed by atoms with van der Waals surface area (Å²) in [5.74, 6) is -0.824. The van der Waals surface area contributed by atoms with Gasteiger partial charge in [-0.1, -0.05) is 26.0 Å². The van der Waals surface area contributed by atoms with Gasteiger partial charge in [0.05, 0.1) is 31.0 Å². The number of aliphatic hydroxyl groups excluding tert-OH is 1. The zero-order valence-corrected chi connectivity index (χ0v) is 19.0. The number of ether oxygens (including phenoxy) is 1. The van der Waals surface area contributed by atoms with E-state index in [0.717, 1.165) is 6.42 Å². The number of Topliss-reactive ketones (excluding diaryl/α,β-unsaturated/α-hetero) is 1. The average Bonchev–Trinajstić information content (AvgIpc) is 3.41. The molecule has 0 aliphatic carbocycles. The van der Waals surface area contributed by atoms with Gasteiger partial charge in [-0.05, 0) is 66.4 Å². The number of rotatable bonds is 8. The summed E-state index contributed by atoms with van der Waals surface area (Å²) in [5.41, 5.74) is 0.783. The summed E-state index contributed by atoms with van der Waals surface area (Å²) in [6, 6.07) is 14.8. The Morgan fingerprint density at radius 3 is 2.56 bits per heavy atom. The molecule has 2 heterocycles. The molecule has 1 N–H and O–H groups in total. The lowest BCUT2D eigenvalue weighted by atomic mass is 9.95. The monoisotopic (exact) mass is 463 g/mol. The highest BCUT2D eigenvalue weighted by molar-refractivity contribution is 6.46. The van der Waals surface area contributed by atoms with Crippen molar-refractivity contribution in [3.8, 4) is 5.75 Å². The molecule has 0 saturated carbocycles. The Bertz CT molecular complexity index is 1200. The van der Waals surface area contributed by atoms with Gasteiger partial charge in [-0.2, -0.15) is 0 Å². The van der Waals surface area contributed by atoms with Gasteiger partial charge in [-0.3, -0.25) is 9.59 Å². The van der Waals surface area contributed by atoms with Crippen LogP contribution in [0.2, 0.25) is 0 Å². The fourth-order valence-corrected chi connectivity index (χ4v) is 3.91. The maximum atomic E-state index is 13.4. The summed E-state index contributed by atoms with van der Waals surface area (Å²) in [5, 5.41) is 11.0. The Morgan fingerprint density at radius 1 is 1.12 bits per heavy atom. The highest BCUT2D eigenvalue weighted by Crippen LogP contribution is 2.41. The molecule has 1 aliphatic rings. The van der Waals surface area contributed by atoms with E-state index in [1.807, 2.05) is 6.07 Å². The number of halogens is 1. The Kier molecular flexibility index (Phi) is 6.82. The summed E-state index contributed by atoms with van der Waals surface area (Å²) in [7, 11) is 0. The fraction of sp³-hybridized carbons (Fsp3) is 0.259. The molecule has 1 saturated heterocycles. The van der Waals surface area contributed by atoms with Crippen LogP contribution in [-0.2, 0) is 16.1 Å². The molecule has 1 atom stereocenters. The van der Waals surface area contributed by atoms with Gasteiger partial charge in [0, 0.05) is 5.56 Å². The van der Waals surface area contributed by atoms with Crippen LogP contribution in [0.1, 0.15) is 43.2 Å². The van der Waals surface area contributed by atoms with Crippen molar-refractivity contribution in [3.63, 3.8) is 0 Å². The lowest BCUT2D eigenvalue weighted by Gasteiger charge is -2.25. The SMILES string of the molecule is CC(C)CCOc1cccc(C2/C(=C(\O)c3ccc(F)cc3)C(=O)C(=O)N2Cc2ccco2)c1. The Balaban J connectivity index is 1.77. The van der Waals surface area contributed by atoms with Crippen LogP contribution in [0.4, 0.5) is 4.39 Å². The molecule has 1 aliphatic heterocycles. The zero-order chi connectivity index (χ0) is 24.2. The standard InChI is InChI=1S/C27H26FNO5/c1-17(2)12-14-34-21-6-3-5-19(15-21)24-23(25(30)18-8-10-20(28)11-9-18)26(31)27(32)29(24)16-22-7-4-13-33-22/h3-11,13,15,17,24,30H,12,14,16H2,1-2H3/b25-23+. The molecule has 7 heteroatoms. The van der Waals surface area contributed by atoms with E-state index in [4.69, 9.17) is 9.15 Å². The maximum Gasteiger partial charge on any atom is 0.296 e. The minimum absolute atomic E-state index is 0.0425. The van der Waals surface area contributed by atoms with Crippen molar-refractivity contribution in [2.45, 2.75) is 32.9 Å². The molecular weight excluding hydrogens is 437 g/mol. The number of amides is 1. The van der Waals surface area contributed by atoms with E-state index >= 15 is 0 Å². The second-order valence-corrected chi connectivity index (χ2v) is 8.62. The van der Waals surface area contributed by atoms with Crippen LogP contribution in [0.25, 0.3) is 5.76 Å². The van der Waals surface area contributed by atoms with E-state index in [0.29, 0.717) is 29.6 Å². The molecular formula is C27H26FNO5. The van der Waals surface area contributed by atoms with Gasteiger partial charge in [0.2, 0.25) is 0 Å². The summed E-state index contributed by atoms with van der Waals surface area (Å²) in [6.45, 7) is 4.79. The van der Waals surface area contributed by atoms with Crippen molar-refractivity contribution < 1.29 is 28.2 Å². The first-order valence-electron chi connectivity index (χ1n) is 11.1. The van der Waals surface area contributed by atoms with Gasteiger partial charge < -0.3 is 19.2 Å². The van der Waals surface area contributed by atoms with Crippen LogP contribution in [-0.4, -0.2) is 28.3 Å². The largest absolute Gasteiger partial charge is 0.507 e. The number of carbonyl (C=O) groups excluding carboxylic acids is 2. The molecule has 2 aromatic carbocycles. The number of likely N-dealkylation sites (tertiary alicyclic amines) is 1. The number of carbonyl (C=O) groups is 2. The van der Waals surface area contributed by atoms with Crippen molar-refractivity contribution in [2.75, 3.05) is 6.61 Å². The number of benzene rings is 2. The van der Waals surface area contributed by atoms with Crippen LogP contribution >= 0.6 is 0 Å². The van der Waals surface area contributed by atoms with Crippen LogP contribution in [0.15, 0.2) is 76.9 Å². The molecule has 1 amide bonds. The first kappa shape index (κ1) is 23.3. The lowest BCUT2D eigenvalue weighted by molar-refractivity contribution is -0.140. The summed E-state index contributed by atoms with van der Waals surface area (Å²) >= 11 is 0. The number of nitrogens with zero attached hydrogens (tertiary/aromatic N) is 1. The molecule has 0 spiro atoms.